The lowest BCUT2D eigenvalue weighted by Gasteiger charge is -2.49. The predicted molar refractivity (Wildman–Crippen MR) is 171 cm³/mol. The lowest BCUT2D eigenvalue weighted by atomic mass is 9.88. The van der Waals surface area contributed by atoms with E-state index in [9.17, 15) is 10.5 Å². The van der Waals surface area contributed by atoms with Gasteiger partial charge in [0.05, 0.1) is 16.4 Å². The van der Waals surface area contributed by atoms with E-state index >= 15 is 0 Å². The molecule has 2 atom stereocenters. The number of aromatic nitrogens is 3. The van der Waals surface area contributed by atoms with Crippen LogP contribution in [0.2, 0.25) is 0 Å². The Balaban J connectivity index is 1.38. The van der Waals surface area contributed by atoms with Gasteiger partial charge in [0, 0.05) is 60.2 Å². The molecule has 0 radical (unpaired) electrons. The van der Waals surface area contributed by atoms with E-state index in [-0.39, 0.29) is 22.8 Å². The number of fused-ring (bicyclic) bond motifs is 2. The van der Waals surface area contributed by atoms with Crippen LogP contribution in [0.4, 0.5) is 22.5 Å². The summed E-state index contributed by atoms with van der Waals surface area (Å²) >= 11 is 3.33. The predicted octanol–water partition coefficient (Wildman–Crippen LogP) is 4.03. The number of ether oxygens (including phenoxy) is 1. The lowest BCUT2D eigenvalue weighted by Crippen LogP contribution is -2.57. The molecule has 0 aliphatic carbocycles. The second kappa shape index (κ2) is 11.2. The van der Waals surface area contributed by atoms with Crippen molar-refractivity contribution in [2.45, 2.75) is 42.9 Å². The summed E-state index contributed by atoms with van der Waals surface area (Å²) in [6.45, 7) is 11.2. The summed E-state index contributed by atoms with van der Waals surface area (Å²) in [6, 6.07) is 8.70. The molecule has 1 spiro atoms. The average molecular weight is 615 g/mol. The first-order valence-corrected chi connectivity index (χ1v) is 16.0. The van der Waals surface area contributed by atoms with Gasteiger partial charge in [0.2, 0.25) is 0 Å². The zero-order valence-corrected chi connectivity index (χ0v) is 26.1. The van der Waals surface area contributed by atoms with Gasteiger partial charge in [0.25, 0.3) is 0 Å². The average Bonchev–Trinajstić information content (AvgIpc) is 3.61. The molecule has 3 aliphatic heterocycles. The van der Waals surface area contributed by atoms with Gasteiger partial charge in [-0.05, 0) is 33.4 Å². The van der Waals surface area contributed by atoms with Gasteiger partial charge in [0.1, 0.15) is 35.1 Å². The number of nitrogen functional groups attached to an aromatic ring is 2. The Morgan fingerprint density at radius 3 is 2.67 bits per heavy atom. The summed E-state index contributed by atoms with van der Waals surface area (Å²) in [4.78, 5) is 21.4. The quantitative estimate of drug-likeness (QED) is 0.352. The normalized spacial score (nSPS) is 19.5. The Hall–Kier alpha value is -4.04. The summed E-state index contributed by atoms with van der Waals surface area (Å²) in [6.07, 6.45) is 2.51. The van der Waals surface area contributed by atoms with Crippen molar-refractivity contribution in [1.29, 1.82) is 10.5 Å². The maximum absolute atomic E-state index is 10.5. The molecule has 0 unspecified atom stereocenters. The van der Waals surface area contributed by atoms with Gasteiger partial charge in [0.15, 0.2) is 11.6 Å². The van der Waals surface area contributed by atoms with Crippen molar-refractivity contribution in [3.05, 3.63) is 57.6 Å². The molecule has 4 N–H and O–H groups in total. The zero-order chi connectivity index (χ0) is 30.5. The number of pyridine rings is 1. The van der Waals surface area contributed by atoms with Crippen LogP contribution in [0.1, 0.15) is 53.4 Å². The second-order valence-corrected chi connectivity index (χ2v) is 13.8. The number of hydrogen-bond donors (Lipinski definition) is 2. The van der Waals surface area contributed by atoms with Gasteiger partial charge < -0.3 is 26.0 Å². The van der Waals surface area contributed by atoms with E-state index in [2.05, 4.69) is 40.5 Å². The third-order valence-corrected chi connectivity index (χ3v) is 11.3. The van der Waals surface area contributed by atoms with E-state index in [1.807, 2.05) is 42.6 Å². The van der Waals surface area contributed by atoms with Crippen LogP contribution in [-0.4, -0.2) is 65.7 Å². The van der Waals surface area contributed by atoms with Gasteiger partial charge in [-0.15, -0.1) is 23.1 Å². The summed E-state index contributed by atoms with van der Waals surface area (Å²) < 4.78 is 6.00. The van der Waals surface area contributed by atoms with Crippen molar-refractivity contribution in [2.24, 2.45) is 0 Å². The van der Waals surface area contributed by atoms with Crippen LogP contribution in [0, 0.1) is 22.7 Å². The Labute approximate surface area is 259 Å². The maximum Gasteiger partial charge on any atom is 0.320 e. The SMILES string of the molecule is C=C1C[C@@H](COc2nc(N3CC4(C3)SCc3sc(N)c(C#N)c34)c(C#N)c(N(CC)[C@H](C)c3cccnc3N)n2)N(C)C1. The lowest BCUT2D eigenvalue weighted by molar-refractivity contribution is 0.187. The largest absolute Gasteiger partial charge is 0.462 e. The van der Waals surface area contributed by atoms with E-state index in [0.29, 0.717) is 59.8 Å². The highest BCUT2D eigenvalue weighted by Gasteiger charge is 2.53. The molecule has 0 bridgehead atoms. The van der Waals surface area contributed by atoms with Gasteiger partial charge in [-0.2, -0.15) is 20.5 Å². The van der Waals surface area contributed by atoms with Crippen LogP contribution < -0.4 is 26.0 Å². The smallest absolute Gasteiger partial charge is 0.320 e. The van der Waals surface area contributed by atoms with Gasteiger partial charge in [-0.3, -0.25) is 4.90 Å². The minimum absolute atomic E-state index is 0.170. The van der Waals surface area contributed by atoms with Crippen molar-refractivity contribution in [3.63, 3.8) is 0 Å². The number of anilines is 4. The third kappa shape index (κ3) is 4.91. The van der Waals surface area contributed by atoms with E-state index < -0.39 is 0 Å². The van der Waals surface area contributed by atoms with Gasteiger partial charge in [-0.1, -0.05) is 18.2 Å². The number of thiophene rings is 1. The van der Waals surface area contributed by atoms with E-state index in [1.165, 1.54) is 16.9 Å². The minimum atomic E-state index is -0.262. The van der Waals surface area contributed by atoms with E-state index in [4.69, 9.17) is 26.2 Å². The van der Waals surface area contributed by atoms with E-state index in [1.54, 1.807) is 6.20 Å². The Morgan fingerprint density at radius 2 is 2.02 bits per heavy atom. The molecule has 11 nitrogen and oxygen atoms in total. The van der Waals surface area contributed by atoms with Crippen LogP contribution in [0.5, 0.6) is 6.01 Å². The van der Waals surface area contributed by atoms with Crippen molar-refractivity contribution in [3.8, 4) is 18.1 Å². The number of likely N-dealkylation sites (tertiary alicyclic amines) is 1. The molecule has 6 heterocycles. The van der Waals surface area contributed by atoms with Gasteiger partial charge in [-0.25, -0.2) is 4.98 Å². The molecule has 0 amide bonds. The monoisotopic (exact) mass is 614 g/mol. The van der Waals surface area contributed by atoms with Crippen LogP contribution in [0.15, 0.2) is 30.5 Å². The summed E-state index contributed by atoms with van der Waals surface area (Å²) in [7, 11) is 2.06. The molecule has 3 aromatic rings. The zero-order valence-electron chi connectivity index (χ0n) is 24.5. The van der Waals surface area contributed by atoms with E-state index in [0.717, 1.165) is 34.7 Å². The fraction of sp³-hybridized carbons (Fsp3) is 0.433. The number of thioether (sulfide) groups is 1. The number of hydrogen-bond acceptors (Lipinski definition) is 13. The first-order valence-electron chi connectivity index (χ1n) is 14.2. The highest BCUT2D eigenvalue weighted by molar-refractivity contribution is 8.00. The van der Waals surface area contributed by atoms with Crippen molar-refractivity contribution >= 4 is 45.6 Å². The Bertz CT molecular complexity index is 1670. The summed E-state index contributed by atoms with van der Waals surface area (Å²) in [5, 5.41) is 21.0. The highest BCUT2D eigenvalue weighted by Crippen LogP contribution is 2.58. The molecule has 2 saturated heterocycles. The fourth-order valence-electron chi connectivity index (χ4n) is 6.41. The summed E-state index contributed by atoms with van der Waals surface area (Å²) in [5.41, 5.74) is 16.5. The Morgan fingerprint density at radius 1 is 1.26 bits per heavy atom. The summed E-state index contributed by atoms with van der Waals surface area (Å²) in [5.74, 6) is 2.27. The fourth-order valence-corrected chi connectivity index (χ4v) is 9.21. The second-order valence-electron chi connectivity index (χ2n) is 11.3. The number of nitrogens with zero attached hydrogens (tertiary/aromatic N) is 8. The molecule has 2 fully saturated rings. The molecule has 43 heavy (non-hydrogen) atoms. The maximum atomic E-state index is 10.5. The number of nitriles is 2. The number of rotatable bonds is 8. The van der Waals surface area contributed by atoms with Crippen LogP contribution in [0.25, 0.3) is 0 Å². The van der Waals surface area contributed by atoms with Crippen LogP contribution in [0.3, 0.4) is 0 Å². The highest BCUT2D eigenvalue weighted by atomic mass is 32.2. The standard InChI is InChI=1S/C30H34N10OS2/c1-5-40(18(3)20-7-6-8-35-25(20)33)28-22(11-32)27(36-29(37-28)41-13-19-9-17(2)12-38(19)4)39-15-30(16-39)24-21(10-31)26(34)43-23(24)14-42-30/h6-8,18-19H,2,5,9,12-16,34H2,1,3-4H3,(H2,33,35)/t18-,19+/m1/s1. The molecule has 222 valence electrons. The topological polar surface area (TPSA) is 157 Å². The molecule has 6 rings (SSSR count). The minimum Gasteiger partial charge on any atom is -0.462 e. The molecular formula is C30H34N10OS2. The Kier molecular flexibility index (Phi) is 7.59. The molecule has 13 heteroatoms. The third-order valence-electron chi connectivity index (χ3n) is 8.64. The molecule has 3 aliphatic rings. The molecule has 3 aromatic heterocycles. The van der Waals surface area contributed by atoms with Crippen molar-refractivity contribution in [2.75, 3.05) is 61.1 Å². The molecule has 0 aromatic carbocycles. The van der Waals surface area contributed by atoms with Crippen molar-refractivity contribution in [1.82, 2.24) is 19.9 Å². The molecule has 0 saturated carbocycles. The number of likely N-dealkylation sites (N-methyl/N-ethyl adjacent to an activating group) is 1. The van der Waals surface area contributed by atoms with Crippen LogP contribution in [-0.2, 0) is 10.5 Å². The van der Waals surface area contributed by atoms with Gasteiger partial charge >= 0.3 is 6.01 Å². The molecular weight excluding hydrogens is 581 g/mol. The number of nitrogens with two attached hydrogens (primary N) is 2. The van der Waals surface area contributed by atoms with Crippen LogP contribution >= 0.6 is 23.1 Å². The first-order chi connectivity index (χ1) is 20.7. The first kappa shape index (κ1) is 29.1. The van der Waals surface area contributed by atoms with Crippen molar-refractivity contribution < 1.29 is 4.74 Å².